The molecule has 1 unspecified atom stereocenters. The lowest BCUT2D eigenvalue weighted by Gasteiger charge is -2.19. The Morgan fingerprint density at radius 3 is 2.72 bits per heavy atom. The lowest BCUT2D eigenvalue weighted by Crippen LogP contribution is -2.31. The lowest BCUT2D eigenvalue weighted by atomic mass is 10.2. The highest BCUT2D eigenvalue weighted by molar-refractivity contribution is 7.15. The summed E-state index contributed by atoms with van der Waals surface area (Å²) in [7, 11) is 4.33. The molecule has 1 aliphatic carbocycles. The first kappa shape index (κ1) is 12.4. The summed E-state index contributed by atoms with van der Waals surface area (Å²) in [4.78, 5) is 10.9. The summed E-state index contributed by atoms with van der Waals surface area (Å²) in [5, 5.41) is 1.20. The maximum absolute atomic E-state index is 5.85. The van der Waals surface area contributed by atoms with Crippen LogP contribution in [0.25, 0.3) is 0 Å². The first-order valence-corrected chi connectivity index (χ1v) is 7.61. The maximum Gasteiger partial charge on any atom is 0.185 e. The van der Waals surface area contributed by atoms with Crippen molar-refractivity contribution in [2.75, 3.05) is 32.1 Å². The van der Waals surface area contributed by atoms with Gasteiger partial charge in [-0.15, -0.1) is 11.3 Å². The third-order valence-corrected chi connectivity index (χ3v) is 5.18. The van der Waals surface area contributed by atoms with Crippen LogP contribution in [0.4, 0.5) is 5.13 Å². The second-order valence-corrected chi connectivity index (χ2v) is 6.70. The molecule has 1 aliphatic heterocycles. The predicted molar refractivity (Wildman–Crippen MR) is 76.3 cm³/mol. The van der Waals surface area contributed by atoms with Gasteiger partial charge in [-0.3, -0.25) is 0 Å². The molecule has 100 valence electrons. The molecule has 5 heteroatoms. The molecule has 1 aromatic heterocycles. The van der Waals surface area contributed by atoms with Crippen LogP contribution in [0.2, 0.25) is 0 Å². The van der Waals surface area contributed by atoms with Gasteiger partial charge in [0.25, 0.3) is 0 Å². The predicted octanol–water partition coefficient (Wildman–Crippen LogP) is 1.62. The number of hydrogen-bond donors (Lipinski definition) is 1. The third-order valence-electron chi connectivity index (χ3n) is 4.03. The van der Waals surface area contributed by atoms with Crippen LogP contribution < -0.4 is 10.6 Å². The number of likely N-dealkylation sites (N-methyl/N-ethyl adjacent to an activating group) is 1. The fourth-order valence-corrected chi connectivity index (χ4v) is 3.70. The fourth-order valence-electron chi connectivity index (χ4n) is 2.64. The molecular formula is C13H22N4S. The molecular weight excluding hydrogens is 244 g/mol. The topological polar surface area (TPSA) is 45.4 Å². The highest BCUT2D eigenvalue weighted by Crippen LogP contribution is 2.44. The van der Waals surface area contributed by atoms with Crippen LogP contribution >= 0.6 is 11.3 Å². The Hall–Kier alpha value is -0.650. The van der Waals surface area contributed by atoms with Gasteiger partial charge in [-0.05, 0) is 33.4 Å². The van der Waals surface area contributed by atoms with Crippen molar-refractivity contribution in [3.63, 3.8) is 0 Å². The van der Waals surface area contributed by atoms with E-state index in [1.165, 1.54) is 35.0 Å². The number of nitrogens with zero attached hydrogens (tertiary/aromatic N) is 3. The number of anilines is 1. The molecule has 2 fully saturated rings. The molecule has 2 heterocycles. The second-order valence-electron chi connectivity index (χ2n) is 5.64. The van der Waals surface area contributed by atoms with Crippen molar-refractivity contribution >= 4 is 16.5 Å². The largest absolute Gasteiger partial charge is 0.346 e. The van der Waals surface area contributed by atoms with Gasteiger partial charge in [0, 0.05) is 36.5 Å². The van der Waals surface area contributed by atoms with Crippen LogP contribution in [0.5, 0.6) is 0 Å². The van der Waals surface area contributed by atoms with E-state index in [0.717, 1.165) is 13.1 Å². The van der Waals surface area contributed by atoms with E-state index in [1.807, 2.05) is 11.3 Å². The Morgan fingerprint density at radius 1 is 1.39 bits per heavy atom. The highest BCUT2D eigenvalue weighted by Gasteiger charge is 2.32. The highest BCUT2D eigenvalue weighted by atomic mass is 32.1. The minimum absolute atomic E-state index is 0.647. The second kappa shape index (κ2) is 4.79. The number of aromatic nitrogens is 1. The van der Waals surface area contributed by atoms with Gasteiger partial charge in [0.05, 0.1) is 5.69 Å². The average molecular weight is 266 g/mol. The summed E-state index contributed by atoms with van der Waals surface area (Å²) in [5.74, 6) is 0.709. The van der Waals surface area contributed by atoms with Crippen molar-refractivity contribution in [2.45, 2.75) is 37.8 Å². The van der Waals surface area contributed by atoms with E-state index in [-0.39, 0.29) is 0 Å². The monoisotopic (exact) mass is 266 g/mol. The number of thiazole rings is 1. The molecule has 2 aliphatic rings. The van der Waals surface area contributed by atoms with Crippen LogP contribution in [0.3, 0.4) is 0 Å². The Balaban J connectivity index is 1.76. The van der Waals surface area contributed by atoms with Gasteiger partial charge in [0.2, 0.25) is 0 Å². The Bertz CT molecular complexity index is 425. The number of hydrogen-bond acceptors (Lipinski definition) is 5. The molecule has 1 aromatic rings. The number of rotatable bonds is 4. The van der Waals surface area contributed by atoms with Gasteiger partial charge in [0.1, 0.15) is 0 Å². The summed E-state index contributed by atoms with van der Waals surface area (Å²) in [6.45, 7) is 2.88. The zero-order valence-corrected chi connectivity index (χ0v) is 12.0. The van der Waals surface area contributed by atoms with E-state index >= 15 is 0 Å². The molecule has 1 atom stereocenters. The molecule has 0 bridgehead atoms. The molecule has 0 aromatic carbocycles. The molecule has 0 amide bonds. The molecule has 18 heavy (non-hydrogen) atoms. The van der Waals surface area contributed by atoms with Gasteiger partial charge in [-0.25, -0.2) is 4.98 Å². The third kappa shape index (κ3) is 2.27. The lowest BCUT2D eigenvalue weighted by molar-refractivity contribution is 0.315. The fraction of sp³-hybridized carbons (Fsp3) is 0.769. The van der Waals surface area contributed by atoms with Gasteiger partial charge >= 0.3 is 0 Å². The van der Waals surface area contributed by atoms with Crippen LogP contribution in [0.1, 0.15) is 35.8 Å². The smallest absolute Gasteiger partial charge is 0.185 e. The maximum atomic E-state index is 5.85. The molecule has 2 N–H and O–H groups in total. The Kier molecular flexibility index (Phi) is 3.30. The summed E-state index contributed by atoms with van der Waals surface area (Å²) < 4.78 is 0. The van der Waals surface area contributed by atoms with Crippen molar-refractivity contribution in [1.82, 2.24) is 9.88 Å². The molecule has 3 rings (SSSR count). The normalized spacial score (nSPS) is 24.2. The van der Waals surface area contributed by atoms with Crippen molar-refractivity contribution in [3.05, 3.63) is 10.6 Å². The van der Waals surface area contributed by atoms with E-state index in [9.17, 15) is 0 Å². The van der Waals surface area contributed by atoms with Crippen molar-refractivity contribution in [2.24, 2.45) is 5.73 Å². The zero-order valence-electron chi connectivity index (χ0n) is 11.2. The zero-order chi connectivity index (χ0) is 12.7. The van der Waals surface area contributed by atoms with E-state index in [1.54, 1.807) is 0 Å². The Morgan fingerprint density at radius 2 is 2.17 bits per heavy atom. The van der Waals surface area contributed by atoms with E-state index in [2.05, 4.69) is 23.9 Å². The molecule has 4 nitrogen and oxygen atoms in total. The molecule has 1 saturated heterocycles. The van der Waals surface area contributed by atoms with E-state index < -0.39 is 0 Å². The van der Waals surface area contributed by atoms with Gasteiger partial charge in [-0.2, -0.15) is 0 Å². The summed E-state index contributed by atoms with van der Waals surface area (Å²) in [6, 6.07) is 0.666. The van der Waals surface area contributed by atoms with Crippen LogP contribution in [-0.4, -0.2) is 43.1 Å². The summed E-state index contributed by atoms with van der Waals surface area (Å²) >= 11 is 1.81. The first-order chi connectivity index (χ1) is 8.69. The van der Waals surface area contributed by atoms with Crippen molar-refractivity contribution < 1.29 is 0 Å². The SMILES string of the molecule is CN(C)C1CCN(c2nc(C3CC3)c(CN)s2)C1. The first-order valence-electron chi connectivity index (χ1n) is 6.80. The van der Waals surface area contributed by atoms with Crippen LogP contribution in [0, 0.1) is 0 Å². The molecule has 0 radical (unpaired) electrons. The van der Waals surface area contributed by atoms with Gasteiger partial charge in [0.15, 0.2) is 5.13 Å². The summed E-state index contributed by atoms with van der Waals surface area (Å²) in [5.41, 5.74) is 7.14. The number of nitrogens with two attached hydrogens (primary N) is 1. The molecule has 1 saturated carbocycles. The Labute approximate surface area is 113 Å². The van der Waals surface area contributed by atoms with Crippen molar-refractivity contribution in [3.8, 4) is 0 Å². The van der Waals surface area contributed by atoms with Crippen molar-refractivity contribution in [1.29, 1.82) is 0 Å². The quantitative estimate of drug-likeness (QED) is 0.899. The summed E-state index contributed by atoms with van der Waals surface area (Å²) in [6.07, 6.45) is 3.84. The van der Waals surface area contributed by atoms with Gasteiger partial charge in [-0.1, -0.05) is 0 Å². The van der Waals surface area contributed by atoms with Crippen LogP contribution in [0.15, 0.2) is 0 Å². The van der Waals surface area contributed by atoms with E-state index in [0.29, 0.717) is 18.5 Å². The minimum atomic E-state index is 0.647. The van der Waals surface area contributed by atoms with Gasteiger partial charge < -0.3 is 15.5 Å². The standard InChI is InChI=1S/C13H22N4S/c1-16(2)10-5-6-17(8-10)13-15-12(9-3-4-9)11(7-14)18-13/h9-10H,3-8,14H2,1-2H3. The van der Waals surface area contributed by atoms with Crippen LogP contribution in [-0.2, 0) is 6.54 Å². The van der Waals surface area contributed by atoms with E-state index in [4.69, 9.17) is 10.7 Å². The molecule has 0 spiro atoms. The average Bonchev–Trinajstić information content (AvgIpc) is 2.94. The minimum Gasteiger partial charge on any atom is -0.346 e.